The predicted octanol–water partition coefficient (Wildman–Crippen LogP) is 1.67. The van der Waals surface area contributed by atoms with Gasteiger partial charge < -0.3 is 4.90 Å². The zero-order chi connectivity index (χ0) is 17.4. The Labute approximate surface area is 148 Å². The molecule has 0 aromatic carbocycles. The molecule has 0 N–H and O–H groups in total. The van der Waals surface area contributed by atoms with Crippen LogP contribution < -0.4 is 4.87 Å². The predicted molar refractivity (Wildman–Crippen MR) is 94.9 cm³/mol. The van der Waals surface area contributed by atoms with Crippen LogP contribution in [0.4, 0.5) is 0 Å². The molecule has 0 radical (unpaired) electrons. The van der Waals surface area contributed by atoms with Crippen molar-refractivity contribution < 1.29 is 4.79 Å². The van der Waals surface area contributed by atoms with E-state index >= 15 is 0 Å². The van der Waals surface area contributed by atoms with Gasteiger partial charge in [-0.1, -0.05) is 17.4 Å². The molecule has 1 fully saturated rings. The third kappa shape index (κ3) is 2.97. The van der Waals surface area contributed by atoms with Crippen LogP contribution in [0.2, 0.25) is 0 Å². The van der Waals surface area contributed by atoms with Crippen molar-refractivity contribution in [1.82, 2.24) is 24.1 Å². The molecular weight excluding hydrogens is 338 g/mol. The van der Waals surface area contributed by atoms with Crippen molar-refractivity contribution in [3.8, 4) is 0 Å². The van der Waals surface area contributed by atoms with E-state index < -0.39 is 0 Å². The highest BCUT2D eigenvalue weighted by molar-refractivity contribution is 7.07. The number of thiazole rings is 1. The lowest BCUT2D eigenvalue weighted by atomic mass is 9.97. The average molecular weight is 357 g/mol. The first-order valence-electron chi connectivity index (χ1n) is 8.36. The quantitative estimate of drug-likeness (QED) is 0.715. The number of nitrogens with zero attached hydrogens (tertiary/aromatic N) is 5. The van der Waals surface area contributed by atoms with Crippen LogP contribution in [-0.4, -0.2) is 43.1 Å². The monoisotopic (exact) mass is 357 g/mol. The van der Waals surface area contributed by atoms with Crippen molar-refractivity contribution in [2.75, 3.05) is 13.1 Å². The largest absolute Gasteiger partial charge is 0.340 e. The van der Waals surface area contributed by atoms with E-state index in [1.165, 1.54) is 0 Å². The molecule has 0 bridgehead atoms. The summed E-state index contributed by atoms with van der Waals surface area (Å²) in [7, 11) is 0. The molecule has 1 atom stereocenters. The minimum absolute atomic E-state index is 0.0119. The highest BCUT2D eigenvalue weighted by Crippen LogP contribution is 2.26. The van der Waals surface area contributed by atoms with E-state index in [-0.39, 0.29) is 23.2 Å². The average Bonchev–Trinajstić information content (AvgIpc) is 3.20. The summed E-state index contributed by atoms with van der Waals surface area (Å²) in [5.74, 6) is 1.05. The lowest BCUT2D eigenvalue weighted by Crippen LogP contribution is -2.42. The fourth-order valence-electron chi connectivity index (χ4n) is 3.38. The van der Waals surface area contributed by atoms with Crippen molar-refractivity contribution in [2.45, 2.75) is 32.2 Å². The zero-order valence-electron chi connectivity index (χ0n) is 14.0. The summed E-state index contributed by atoms with van der Waals surface area (Å²) in [6, 6.07) is 5.82. The number of piperidine rings is 1. The smallest absolute Gasteiger partial charge is 0.307 e. The third-order valence-corrected chi connectivity index (χ3v) is 5.63. The summed E-state index contributed by atoms with van der Waals surface area (Å²) in [5.41, 5.74) is 1.65. The fraction of sp³-hybridized carbons (Fsp3) is 0.412. The number of aromatic nitrogens is 4. The Bertz CT molecular complexity index is 973. The Hall–Kier alpha value is -2.48. The first-order chi connectivity index (χ1) is 12.1. The summed E-state index contributed by atoms with van der Waals surface area (Å²) in [4.78, 5) is 26.3. The summed E-state index contributed by atoms with van der Waals surface area (Å²) < 4.78 is 3.54. The molecule has 1 amide bonds. The lowest BCUT2D eigenvalue weighted by Gasteiger charge is -2.32. The molecule has 3 aromatic heterocycles. The Balaban J connectivity index is 1.53. The van der Waals surface area contributed by atoms with E-state index in [9.17, 15) is 9.59 Å². The Morgan fingerprint density at radius 2 is 2.24 bits per heavy atom. The molecule has 8 heteroatoms. The van der Waals surface area contributed by atoms with E-state index in [1.54, 1.807) is 9.95 Å². The van der Waals surface area contributed by atoms with Gasteiger partial charge in [0, 0.05) is 36.3 Å². The van der Waals surface area contributed by atoms with E-state index in [0.29, 0.717) is 6.54 Å². The fourth-order valence-corrected chi connectivity index (χ4v) is 4.12. The topological polar surface area (TPSA) is 72.5 Å². The van der Waals surface area contributed by atoms with Crippen LogP contribution in [0.1, 0.15) is 30.3 Å². The van der Waals surface area contributed by atoms with Gasteiger partial charge >= 0.3 is 4.87 Å². The number of carbonyl (C=O) groups is 1. The van der Waals surface area contributed by atoms with Crippen molar-refractivity contribution in [1.29, 1.82) is 0 Å². The van der Waals surface area contributed by atoms with Crippen molar-refractivity contribution in [3.63, 3.8) is 0 Å². The van der Waals surface area contributed by atoms with Gasteiger partial charge in [-0.05, 0) is 31.9 Å². The lowest BCUT2D eigenvalue weighted by molar-refractivity contribution is -0.133. The number of carbonyl (C=O) groups excluding carboxylic acids is 1. The molecule has 130 valence electrons. The molecule has 0 spiro atoms. The molecule has 0 unspecified atom stereocenters. The number of amides is 1. The third-order valence-electron chi connectivity index (χ3n) is 4.75. The highest BCUT2D eigenvalue weighted by Gasteiger charge is 2.28. The Kier molecular flexibility index (Phi) is 4.12. The van der Waals surface area contributed by atoms with Gasteiger partial charge in [-0.25, -0.2) is 0 Å². The molecule has 25 heavy (non-hydrogen) atoms. The van der Waals surface area contributed by atoms with Gasteiger partial charge in [-0.15, -0.1) is 10.2 Å². The van der Waals surface area contributed by atoms with Crippen LogP contribution in [0.25, 0.3) is 5.65 Å². The first kappa shape index (κ1) is 16.0. The molecule has 0 saturated carbocycles. The van der Waals surface area contributed by atoms with E-state index in [0.717, 1.165) is 47.9 Å². The van der Waals surface area contributed by atoms with Crippen LogP contribution >= 0.6 is 11.3 Å². The van der Waals surface area contributed by atoms with Gasteiger partial charge in [0.05, 0.1) is 0 Å². The van der Waals surface area contributed by atoms with Crippen LogP contribution in [-0.2, 0) is 11.3 Å². The highest BCUT2D eigenvalue weighted by atomic mass is 32.1. The normalized spacial score (nSPS) is 18.0. The molecule has 1 aliphatic rings. The molecule has 7 nitrogen and oxygen atoms in total. The molecule has 0 aliphatic carbocycles. The minimum Gasteiger partial charge on any atom is -0.340 e. The van der Waals surface area contributed by atoms with Crippen LogP contribution in [0.3, 0.4) is 0 Å². The molecule has 1 aliphatic heterocycles. The van der Waals surface area contributed by atoms with Crippen molar-refractivity contribution in [2.24, 2.45) is 0 Å². The number of likely N-dealkylation sites (tertiary alicyclic amines) is 1. The summed E-state index contributed by atoms with van der Waals surface area (Å²) in [6.45, 7) is 3.31. The molecule has 4 rings (SSSR count). The van der Waals surface area contributed by atoms with Crippen molar-refractivity contribution in [3.05, 3.63) is 51.0 Å². The summed E-state index contributed by atoms with van der Waals surface area (Å²) in [6.07, 6.45) is 3.87. The molecular formula is C17H19N5O2S. The van der Waals surface area contributed by atoms with Crippen LogP contribution in [0.5, 0.6) is 0 Å². The molecule has 3 aromatic rings. The van der Waals surface area contributed by atoms with Gasteiger partial charge in [0.1, 0.15) is 12.4 Å². The number of fused-ring (bicyclic) bond motifs is 1. The molecule has 1 saturated heterocycles. The number of rotatable bonds is 3. The zero-order valence-corrected chi connectivity index (χ0v) is 14.8. The van der Waals surface area contributed by atoms with Gasteiger partial charge in [0.25, 0.3) is 0 Å². The number of hydrogen-bond acceptors (Lipinski definition) is 5. The Morgan fingerprint density at radius 3 is 3.04 bits per heavy atom. The maximum absolute atomic E-state index is 12.7. The van der Waals surface area contributed by atoms with E-state index in [2.05, 4.69) is 10.2 Å². The van der Waals surface area contributed by atoms with Gasteiger partial charge in [-0.2, -0.15) is 0 Å². The maximum atomic E-state index is 12.7. The van der Waals surface area contributed by atoms with E-state index in [1.807, 2.05) is 40.6 Å². The SMILES string of the molecule is Cc1csc(=O)n1CC(=O)N1CCC[C@H](c2nnc3ccccn23)C1. The van der Waals surface area contributed by atoms with Crippen LogP contribution in [0, 0.1) is 6.92 Å². The van der Waals surface area contributed by atoms with Gasteiger partial charge in [0.15, 0.2) is 5.65 Å². The standard InChI is InChI=1S/C17H19N5O2S/c1-12-11-25-17(24)22(12)10-15(23)20-7-4-5-13(9-20)16-19-18-14-6-2-3-8-21(14)16/h2-3,6,8,11,13H,4-5,7,9-10H2,1H3/t13-/m0/s1. The van der Waals surface area contributed by atoms with Crippen LogP contribution in [0.15, 0.2) is 34.6 Å². The summed E-state index contributed by atoms with van der Waals surface area (Å²) in [5, 5.41) is 10.3. The minimum atomic E-state index is -0.0807. The summed E-state index contributed by atoms with van der Waals surface area (Å²) >= 11 is 1.13. The second kappa shape index (κ2) is 6.44. The number of aryl methyl sites for hydroxylation is 1. The van der Waals surface area contributed by atoms with Gasteiger partial charge in [-0.3, -0.25) is 18.6 Å². The van der Waals surface area contributed by atoms with Gasteiger partial charge in [0.2, 0.25) is 5.91 Å². The first-order valence-corrected chi connectivity index (χ1v) is 9.24. The van der Waals surface area contributed by atoms with Crippen molar-refractivity contribution >= 4 is 22.9 Å². The second-order valence-electron chi connectivity index (χ2n) is 6.40. The molecule has 4 heterocycles. The second-order valence-corrected chi connectivity index (χ2v) is 7.22. The number of pyridine rings is 1. The maximum Gasteiger partial charge on any atom is 0.307 e. The Morgan fingerprint density at radius 1 is 1.36 bits per heavy atom. The number of hydrogen-bond donors (Lipinski definition) is 0. The van der Waals surface area contributed by atoms with E-state index in [4.69, 9.17) is 0 Å².